The van der Waals surface area contributed by atoms with Gasteiger partial charge in [0.2, 0.25) is 6.71 Å². The van der Waals surface area contributed by atoms with Crippen LogP contribution in [0.25, 0.3) is 44.2 Å². The number of furan rings is 1. The van der Waals surface area contributed by atoms with Gasteiger partial charge in [0.25, 0.3) is 6.71 Å². The number of hydrogen-bond donors (Lipinski definition) is 1. The Morgan fingerprint density at radius 2 is 1.04 bits per heavy atom. The lowest BCUT2D eigenvalue weighted by Gasteiger charge is -2.45. The van der Waals surface area contributed by atoms with Gasteiger partial charge in [0, 0.05) is 73.8 Å². The summed E-state index contributed by atoms with van der Waals surface area (Å²) in [4.78, 5) is 7.47. The number of ether oxygens (including phenoxy) is 1. The number of hydrogen-bond acceptors (Lipinski definition) is 6. The minimum Gasteiger partial charge on any atom is -0.459 e. The van der Waals surface area contributed by atoms with Crippen LogP contribution in [0.15, 0.2) is 314 Å². The summed E-state index contributed by atoms with van der Waals surface area (Å²) in [5, 5.41) is 6.05. The highest BCUT2D eigenvalue weighted by Crippen LogP contribution is 2.51. The Hall–Kier alpha value is -10.7. The molecule has 3 aliphatic heterocycles. The first-order valence-corrected chi connectivity index (χ1v) is 28.8. The molecule has 8 heteroatoms. The average Bonchev–Trinajstić information content (AvgIpc) is 1.18. The van der Waals surface area contributed by atoms with Gasteiger partial charge in [0.05, 0.1) is 16.8 Å². The van der Waals surface area contributed by atoms with Gasteiger partial charge in [-0.3, -0.25) is 0 Å². The van der Waals surface area contributed by atoms with E-state index >= 15 is 0 Å². The fourth-order valence-electron chi connectivity index (χ4n) is 13.3. The van der Waals surface area contributed by atoms with Gasteiger partial charge in [-0.05, 0) is 114 Å². The van der Waals surface area contributed by atoms with Crippen LogP contribution in [0, 0.1) is 0 Å². The van der Waals surface area contributed by atoms with E-state index in [4.69, 9.17) is 9.15 Å². The van der Waals surface area contributed by atoms with E-state index in [0.717, 1.165) is 118 Å². The molecule has 0 spiro atoms. The summed E-state index contributed by atoms with van der Waals surface area (Å²) in [6, 6.07) is 94.1. The van der Waals surface area contributed by atoms with E-state index < -0.39 is 0 Å². The van der Waals surface area contributed by atoms with Crippen molar-refractivity contribution in [1.82, 2.24) is 0 Å². The molecule has 0 saturated carbocycles. The molecule has 6 nitrogen and oxygen atoms in total. The van der Waals surface area contributed by atoms with E-state index in [0.29, 0.717) is 17.8 Å². The number of anilines is 10. The SMILES string of the molecule is C=C1/C=C\CB(c2ccccc2Nc2ccccc2)c2cc3c(cc2N(c2c(-c4ccccc4)cccc2-c2ccccc2)/C(C)=C/C(=C)O1)N(c1ccccc1)c1cc2oc4ccccc4c2c2c1B3c1ccccc1N2c1ccccc1. The summed E-state index contributed by atoms with van der Waals surface area (Å²) in [6.45, 7) is 10.7. The second kappa shape index (κ2) is 21.0. The van der Waals surface area contributed by atoms with E-state index in [1.54, 1.807) is 0 Å². The van der Waals surface area contributed by atoms with Gasteiger partial charge in [-0.1, -0.05) is 224 Å². The lowest BCUT2D eigenvalue weighted by molar-refractivity contribution is 0.339. The highest BCUT2D eigenvalue weighted by molar-refractivity contribution is 7.01. The van der Waals surface area contributed by atoms with Crippen molar-refractivity contribution in [2.75, 3.05) is 20.0 Å². The summed E-state index contributed by atoms with van der Waals surface area (Å²) in [7, 11) is 0. The third-order valence-electron chi connectivity index (χ3n) is 16.8. The van der Waals surface area contributed by atoms with E-state index in [1.807, 2.05) is 6.08 Å². The smallest absolute Gasteiger partial charge is 0.252 e. The molecular formula is C76H56B2N4O2. The van der Waals surface area contributed by atoms with Crippen LogP contribution in [0.2, 0.25) is 6.32 Å². The second-order valence-electron chi connectivity index (χ2n) is 21.8. The Balaban J connectivity index is 1.12. The van der Waals surface area contributed by atoms with Crippen molar-refractivity contribution >= 4 is 120 Å². The normalized spacial score (nSPS) is 14.8. The second-order valence-corrected chi connectivity index (χ2v) is 21.8. The maximum atomic E-state index is 7.06. The Morgan fingerprint density at radius 3 is 1.74 bits per heavy atom. The highest BCUT2D eigenvalue weighted by Gasteiger charge is 2.46. The maximum Gasteiger partial charge on any atom is 0.252 e. The van der Waals surface area contributed by atoms with E-state index in [9.17, 15) is 0 Å². The molecule has 0 radical (unpaired) electrons. The third-order valence-corrected chi connectivity index (χ3v) is 16.8. The molecule has 0 unspecified atom stereocenters. The fraction of sp³-hybridized carbons (Fsp3) is 0.0263. The molecule has 0 atom stereocenters. The van der Waals surface area contributed by atoms with Crippen molar-refractivity contribution in [2.24, 2.45) is 0 Å². The van der Waals surface area contributed by atoms with E-state index in [2.05, 4.69) is 313 Å². The molecule has 0 amide bonds. The van der Waals surface area contributed by atoms with Crippen molar-refractivity contribution < 1.29 is 9.15 Å². The van der Waals surface area contributed by atoms with Crippen LogP contribution in [-0.2, 0) is 4.74 Å². The molecule has 1 N–H and O–H groups in total. The Labute approximate surface area is 491 Å². The van der Waals surface area contributed by atoms with Gasteiger partial charge in [0.15, 0.2) is 0 Å². The number of allylic oxidation sites excluding steroid dienone is 4. The van der Waals surface area contributed by atoms with Crippen LogP contribution in [0.4, 0.5) is 56.9 Å². The van der Waals surface area contributed by atoms with Gasteiger partial charge in [-0.25, -0.2) is 0 Å². The van der Waals surface area contributed by atoms with Crippen molar-refractivity contribution in [3.63, 3.8) is 0 Å². The van der Waals surface area contributed by atoms with Gasteiger partial charge >= 0.3 is 0 Å². The predicted molar refractivity (Wildman–Crippen MR) is 355 cm³/mol. The van der Waals surface area contributed by atoms with Crippen LogP contribution >= 0.6 is 0 Å². The van der Waals surface area contributed by atoms with Crippen LogP contribution in [-0.4, -0.2) is 13.4 Å². The Morgan fingerprint density at radius 1 is 0.452 bits per heavy atom. The molecule has 12 aromatic rings. The Bertz CT molecular complexity index is 4540. The molecule has 4 heterocycles. The minimum atomic E-state index is -0.241. The molecular weight excluding hydrogens is 1020 g/mol. The number of nitrogens with zero attached hydrogens (tertiary/aromatic N) is 3. The molecule has 0 saturated heterocycles. The van der Waals surface area contributed by atoms with Crippen LogP contribution < -0.4 is 47.3 Å². The van der Waals surface area contributed by atoms with Gasteiger partial charge in [0.1, 0.15) is 22.7 Å². The van der Waals surface area contributed by atoms with Gasteiger partial charge in [-0.15, -0.1) is 0 Å². The largest absolute Gasteiger partial charge is 0.459 e. The molecule has 84 heavy (non-hydrogen) atoms. The van der Waals surface area contributed by atoms with Crippen molar-refractivity contribution in [2.45, 2.75) is 13.2 Å². The van der Waals surface area contributed by atoms with Crippen molar-refractivity contribution in [3.05, 3.63) is 309 Å². The lowest BCUT2D eigenvalue weighted by atomic mass is 9.31. The third kappa shape index (κ3) is 8.61. The molecule has 15 rings (SSSR count). The molecule has 0 fully saturated rings. The average molecular weight is 1080 g/mol. The first kappa shape index (κ1) is 50.3. The summed E-state index contributed by atoms with van der Waals surface area (Å²) < 4.78 is 13.6. The number of para-hydroxylation sites is 7. The first-order valence-electron chi connectivity index (χ1n) is 28.8. The molecule has 0 aliphatic carbocycles. The lowest BCUT2D eigenvalue weighted by Crippen LogP contribution is -2.62. The predicted octanol–water partition coefficient (Wildman–Crippen LogP) is 17.0. The van der Waals surface area contributed by atoms with E-state index in [1.165, 1.54) is 16.4 Å². The summed E-state index contributed by atoms with van der Waals surface area (Å²) >= 11 is 0. The maximum absolute atomic E-state index is 7.06. The zero-order valence-corrected chi connectivity index (χ0v) is 46.5. The van der Waals surface area contributed by atoms with Gasteiger partial charge < -0.3 is 29.2 Å². The summed E-state index contributed by atoms with van der Waals surface area (Å²) in [5.41, 5.74) is 23.3. The number of rotatable bonds is 8. The van der Waals surface area contributed by atoms with Gasteiger partial charge in [-0.2, -0.15) is 0 Å². The monoisotopic (exact) mass is 1080 g/mol. The fourth-order valence-corrected chi connectivity index (χ4v) is 13.3. The zero-order chi connectivity index (χ0) is 56.3. The molecule has 1 aromatic heterocycles. The summed E-state index contributed by atoms with van der Waals surface area (Å²) in [6.07, 6.45) is 6.88. The quantitative estimate of drug-likeness (QED) is 0.153. The zero-order valence-electron chi connectivity index (χ0n) is 46.5. The topological polar surface area (TPSA) is 44.1 Å². The first-order chi connectivity index (χ1) is 41.4. The molecule has 398 valence electrons. The standard InChI is InChI=1S/C76H56B2N4O2/c1-51-47-53(3)83-52(2)27-26-46-77(62-41-20-22-43-66(62)79-56-32-13-6-14-33-56)64-48-65-69(49-68(64)80(51)75-59(54-28-9-4-10-29-54)39-25-40-60(75)55-30-11-5-12-31-55)81(57-34-15-7-16-35-57)70-50-72-73(61-38-19-24-45-71(61)84-72)76-74(70)78(65)63-42-21-23-44-67(63)82(76)58-36-17-8-18-37-58/h4-45,47-50,79H,2-3,46H2,1H3/b27-26-,51-47+. The minimum absolute atomic E-state index is 0.228. The van der Waals surface area contributed by atoms with Crippen LogP contribution in [0.1, 0.15) is 6.92 Å². The van der Waals surface area contributed by atoms with Crippen molar-refractivity contribution in [3.8, 4) is 22.3 Å². The Kier molecular flexibility index (Phi) is 12.6. The molecule has 11 aromatic carbocycles. The van der Waals surface area contributed by atoms with E-state index in [-0.39, 0.29) is 13.4 Å². The van der Waals surface area contributed by atoms with Crippen LogP contribution in [0.3, 0.4) is 0 Å². The van der Waals surface area contributed by atoms with Crippen LogP contribution in [0.5, 0.6) is 0 Å². The number of nitrogens with one attached hydrogen (secondary N) is 1. The molecule has 3 aliphatic rings. The highest BCUT2D eigenvalue weighted by atomic mass is 16.5. The number of benzene rings is 11. The summed E-state index contributed by atoms with van der Waals surface area (Å²) in [5.74, 6) is 0.983. The number of fused-ring (bicyclic) bond motifs is 9. The molecule has 0 bridgehead atoms. The van der Waals surface area contributed by atoms with Crippen molar-refractivity contribution in [1.29, 1.82) is 0 Å².